The summed E-state index contributed by atoms with van der Waals surface area (Å²) in [5.74, 6) is -0.233. The summed E-state index contributed by atoms with van der Waals surface area (Å²) in [5, 5.41) is 0. The number of aryl methyl sites for hydroxylation is 1. The molecular weight excluding hydrogens is 245 g/mol. The van der Waals surface area contributed by atoms with E-state index < -0.39 is 5.82 Å². The molecule has 1 aromatic rings. The average molecular weight is 263 g/mol. The van der Waals surface area contributed by atoms with Crippen molar-refractivity contribution in [1.82, 2.24) is 4.90 Å². The van der Waals surface area contributed by atoms with E-state index in [0.717, 1.165) is 6.42 Å². The number of rotatable bonds is 1. The number of fused-ring (bicyclic) bond motifs is 1. The first kappa shape index (κ1) is 12.6. The fourth-order valence-electron chi connectivity index (χ4n) is 3.23. The first-order chi connectivity index (χ1) is 9.06. The summed E-state index contributed by atoms with van der Waals surface area (Å²) in [6.45, 7) is 5.10. The van der Waals surface area contributed by atoms with Gasteiger partial charge in [-0.3, -0.25) is 4.79 Å². The molecule has 1 amide bonds. The van der Waals surface area contributed by atoms with Crippen LogP contribution in [0.4, 0.5) is 4.39 Å². The largest absolute Gasteiger partial charge is 0.373 e. The Labute approximate surface area is 112 Å². The fourth-order valence-corrected chi connectivity index (χ4v) is 3.23. The Balaban J connectivity index is 1.79. The minimum atomic E-state index is -0.434. The van der Waals surface area contributed by atoms with Crippen molar-refractivity contribution < 1.29 is 13.9 Å². The molecule has 0 aromatic heterocycles. The quantitative estimate of drug-likeness (QED) is 0.778. The highest BCUT2D eigenvalue weighted by atomic mass is 19.1. The van der Waals surface area contributed by atoms with Crippen molar-refractivity contribution in [3.63, 3.8) is 0 Å². The number of hydrogen-bond donors (Lipinski definition) is 0. The lowest BCUT2D eigenvalue weighted by molar-refractivity contribution is 0.0441. The molecule has 0 N–H and O–H groups in total. The van der Waals surface area contributed by atoms with Crippen molar-refractivity contribution >= 4 is 5.91 Å². The fraction of sp³-hybridized carbons (Fsp3) is 0.533. The Hall–Kier alpha value is -1.42. The van der Waals surface area contributed by atoms with E-state index in [1.54, 1.807) is 24.0 Å². The van der Waals surface area contributed by atoms with Crippen LogP contribution in [-0.2, 0) is 4.74 Å². The molecule has 3 rings (SSSR count). The molecule has 2 aliphatic heterocycles. The topological polar surface area (TPSA) is 29.5 Å². The molecule has 0 radical (unpaired) electrons. The van der Waals surface area contributed by atoms with Gasteiger partial charge in [-0.05, 0) is 31.9 Å². The standard InChI is InChI=1S/C15H18FNO2/c1-9-4-3-5-12(16)14(9)15(18)17-7-11-6-10(2)19-13(11)8-17/h3-5,10-11,13H,6-8H2,1-2H3/t10-,11+,13-/m0/s1. The predicted molar refractivity (Wildman–Crippen MR) is 69.5 cm³/mol. The van der Waals surface area contributed by atoms with Crippen LogP contribution in [0.3, 0.4) is 0 Å². The lowest BCUT2D eigenvalue weighted by Crippen LogP contribution is -2.32. The van der Waals surface area contributed by atoms with Crippen LogP contribution in [0.25, 0.3) is 0 Å². The molecule has 0 bridgehead atoms. The molecule has 3 atom stereocenters. The maximum atomic E-state index is 13.8. The van der Waals surface area contributed by atoms with E-state index in [1.807, 2.05) is 0 Å². The Kier molecular flexibility index (Phi) is 3.05. The van der Waals surface area contributed by atoms with Crippen LogP contribution in [0.5, 0.6) is 0 Å². The summed E-state index contributed by atoms with van der Waals surface area (Å²) in [6, 6.07) is 4.74. The maximum absolute atomic E-state index is 13.8. The van der Waals surface area contributed by atoms with Gasteiger partial charge in [-0.25, -0.2) is 4.39 Å². The number of halogens is 1. The molecule has 0 spiro atoms. The minimum absolute atomic E-state index is 0.131. The third-order valence-corrected chi connectivity index (χ3v) is 4.15. The highest BCUT2D eigenvalue weighted by Gasteiger charge is 2.42. The summed E-state index contributed by atoms with van der Waals surface area (Å²) in [5.41, 5.74) is 0.895. The molecule has 1 aromatic carbocycles. The molecule has 102 valence electrons. The van der Waals surface area contributed by atoms with Gasteiger partial charge in [0.15, 0.2) is 0 Å². The lowest BCUT2D eigenvalue weighted by atomic mass is 10.0. The first-order valence-electron chi connectivity index (χ1n) is 6.76. The summed E-state index contributed by atoms with van der Waals surface area (Å²) in [6.07, 6.45) is 1.40. The van der Waals surface area contributed by atoms with E-state index in [4.69, 9.17) is 4.74 Å². The van der Waals surface area contributed by atoms with Gasteiger partial charge < -0.3 is 9.64 Å². The monoisotopic (exact) mass is 263 g/mol. The molecule has 0 unspecified atom stereocenters. The van der Waals surface area contributed by atoms with Crippen LogP contribution >= 0.6 is 0 Å². The number of ether oxygens (including phenoxy) is 1. The van der Waals surface area contributed by atoms with Crippen LogP contribution in [0, 0.1) is 18.7 Å². The zero-order valence-electron chi connectivity index (χ0n) is 11.2. The van der Waals surface area contributed by atoms with Gasteiger partial charge in [-0.15, -0.1) is 0 Å². The number of carbonyl (C=O) groups is 1. The molecule has 2 fully saturated rings. The molecule has 0 saturated carbocycles. The van der Waals surface area contributed by atoms with Crippen LogP contribution in [-0.4, -0.2) is 36.1 Å². The maximum Gasteiger partial charge on any atom is 0.257 e. The third kappa shape index (κ3) is 2.14. The van der Waals surface area contributed by atoms with Crippen molar-refractivity contribution in [2.75, 3.05) is 13.1 Å². The molecule has 2 heterocycles. The third-order valence-electron chi connectivity index (χ3n) is 4.15. The normalized spacial score (nSPS) is 29.6. The number of hydrogen-bond acceptors (Lipinski definition) is 2. The number of carbonyl (C=O) groups excluding carboxylic acids is 1. The van der Waals surface area contributed by atoms with Gasteiger partial charge in [0.1, 0.15) is 5.82 Å². The minimum Gasteiger partial charge on any atom is -0.373 e. The van der Waals surface area contributed by atoms with Crippen molar-refractivity contribution in [3.05, 3.63) is 35.1 Å². The smallest absolute Gasteiger partial charge is 0.257 e. The summed E-state index contributed by atoms with van der Waals surface area (Å²) >= 11 is 0. The van der Waals surface area contributed by atoms with E-state index >= 15 is 0 Å². The second kappa shape index (κ2) is 4.60. The molecule has 3 nitrogen and oxygen atoms in total. The highest BCUT2D eigenvalue weighted by molar-refractivity contribution is 5.96. The van der Waals surface area contributed by atoms with Crippen molar-refractivity contribution in [1.29, 1.82) is 0 Å². The average Bonchev–Trinajstić information content (AvgIpc) is 2.85. The number of benzene rings is 1. The number of amides is 1. The Morgan fingerprint density at radius 2 is 2.21 bits per heavy atom. The SMILES string of the molecule is Cc1cccc(F)c1C(=O)N1C[C@H]2C[C@H](C)O[C@H]2C1. The zero-order chi connectivity index (χ0) is 13.6. The molecule has 19 heavy (non-hydrogen) atoms. The van der Waals surface area contributed by atoms with Gasteiger partial charge in [-0.2, -0.15) is 0 Å². The van der Waals surface area contributed by atoms with Crippen LogP contribution in [0.2, 0.25) is 0 Å². The van der Waals surface area contributed by atoms with E-state index in [9.17, 15) is 9.18 Å². The summed E-state index contributed by atoms with van der Waals surface area (Å²) < 4.78 is 19.6. The first-order valence-corrected chi connectivity index (χ1v) is 6.76. The van der Waals surface area contributed by atoms with Gasteiger partial charge in [-0.1, -0.05) is 12.1 Å². The molecular formula is C15H18FNO2. The van der Waals surface area contributed by atoms with Gasteiger partial charge in [0.25, 0.3) is 5.91 Å². The molecule has 2 saturated heterocycles. The Morgan fingerprint density at radius 3 is 2.89 bits per heavy atom. The molecule has 2 aliphatic rings. The lowest BCUT2D eigenvalue weighted by Gasteiger charge is -2.19. The van der Waals surface area contributed by atoms with E-state index in [2.05, 4.69) is 6.92 Å². The Bertz CT molecular complexity index is 483. The van der Waals surface area contributed by atoms with Crippen LogP contribution in [0.15, 0.2) is 18.2 Å². The number of likely N-dealkylation sites (tertiary alicyclic amines) is 1. The number of nitrogens with zero attached hydrogens (tertiary/aromatic N) is 1. The second-order valence-corrected chi connectivity index (χ2v) is 5.62. The molecule has 0 aliphatic carbocycles. The van der Waals surface area contributed by atoms with E-state index in [1.165, 1.54) is 6.07 Å². The van der Waals surface area contributed by atoms with Crippen molar-refractivity contribution in [2.45, 2.75) is 32.5 Å². The zero-order valence-corrected chi connectivity index (χ0v) is 11.2. The van der Waals surface area contributed by atoms with E-state index in [0.29, 0.717) is 24.6 Å². The molecule has 4 heteroatoms. The Morgan fingerprint density at radius 1 is 1.42 bits per heavy atom. The van der Waals surface area contributed by atoms with Crippen molar-refractivity contribution in [2.24, 2.45) is 5.92 Å². The van der Waals surface area contributed by atoms with Gasteiger partial charge >= 0.3 is 0 Å². The predicted octanol–water partition coefficient (Wildman–Crippen LogP) is 2.38. The highest BCUT2D eigenvalue weighted by Crippen LogP contribution is 2.33. The summed E-state index contributed by atoms with van der Waals surface area (Å²) in [7, 11) is 0. The van der Waals surface area contributed by atoms with Crippen LogP contribution < -0.4 is 0 Å². The van der Waals surface area contributed by atoms with Crippen LogP contribution in [0.1, 0.15) is 29.3 Å². The van der Waals surface area contributed by atoms with Gasteiger partial charge in [0.2, 0.25) is 0 Å². The van der Waals surface area contributed by atoms with Gasteiger partial charge in [0.05, 0.1) is 17.8 Å². The summed E-state index contributed by atoms with van der Waals surface area (Å²) in [4.78, 5) is 14.2. The van der Waals surface area contributed by atoms with Crippen molar-refractivity contribution in [3.8, 4) is 0 Å². The van der Waals surface area contributed by atoms with E-state index in [-0.39, 0.29) is 23.7 Å². The second-order valence-electron chi connectivity index (χ2n) is 5.62. The van der Waals surface area contributed by atoms with Gasteiger partial charge in [0, 0.05) is 19.0 Å².